The van der Waals surface area contributed by atoms with Gasteiger partial charge in [0.2, 0.25) is 5.91 Å². The van der Waals surface area contributed by atoms with Crippen LogP contribution < -0.4 is 10.5 Å². The van der Waals surface area contributed by atoms with Gasteiger partial charge in [-0.15, -0.1) is 11.8 Å². The molecule has 0 saturated heterocycles. The van der Waals surface area contributed by atoms with E-state index in [1.165, 1.54) is 12.0 Å². The Kier molecular flexibility index (Phi) is 11.4. The summed E-state index contributed by atoms with van der Waals surface area (Å²) >= 11 is 1.84. The molecule has 0 heterocycles. The van der Waals surface area contributed by atoms with E-state index >= 15 is 0 Å². The Bertz CT molecular complexity index is 423. The lowest BCUT2D eigenvalue weighted by Crippen LogP contribution is -2.09. The maximum Gasteiger partial charge on any atom is 0.217 e. The van der Waals surface area contributed by atoms with Crippen molar-refractivity contribution in [2.75, 3.05) is 25.4 Å². The highest BCUT2D eigenvalue weighted by atomic mass is 32.2. The Morgan fingerprint density at radius 1 is 1.09 bits per heavy atom. The Labute approximate surface area is 144 Å². The lowest BCUT2D eigenvalue weighted by atomic mass is 10.1. The summed E-state index contributed by atoms with van der Waals surface area (Å²) in [6.07, 6.45) is 6.95. The molecule has 0 spiro atoms. The Morgan fingerprint density at radius 3 is 2.52 bits per heavy atom. The molecule has 1 aromatic carbocycles. The molecule has 1 aromatic rings. The van der Waals surface area contributed by atoms with Crippen LogP contribution in [0.2, 0.25) is 0 Å². The summed E-state index contributed by atoms with van der Waals surface area (Å²) in [5, 5.41) is 0. The average molecular weight is 340 g/mol. The summed E-state index contributed by atoms with van der Waals surface area (Å²) in [4.78, 5) is 10.6. The zero-order valence-electron chi connectivity index (χ0n) is 14.1. The Hall–Kier alpha value is -1.20. The van der Waals surface area contributed by atoms with Gasteiger partial charge in [-0.1, -0.05) is 25.0 Å². The number of ether oxygens (including phenoxy) is 2. The molecule has 0 aliphatic heterocycles. The topological polar surface area (TPSA) is 61.6 Å². The van der Waals surface area contributed by atoms with Crippen molar-refractivity contribution in [2.45, 2.75) is 44.9 Å². The van der Waals surface area contributed by atoms with E-state index in [2.05, 4.69) is 12.1 Å². The second kappa shape index (κ2) is 13.3. The highest BCUT2D eigenvalue weighted by molar-refractivity contribution is 7.99. The van der Waals surface area contributed by atoms with E-state index in [4.69, 9.17) is 15.2 Å². The zero-order valence-corrected chi connectivity index (χ0v) is 14.9. The third-order valence-corrected chi connectivity index (χ3v) is 4.45. The fraction of sp³-hybridized carbons (Fsp3) is 0.611. The number of primary amides is 1. The van der Waals surface area contributed by atoms with Gasteiger partial charge in [-0.05, 0) is 49.1 Å². The van der Waals surface area contributed by atoms with E-state index in [1.54, 1.807) is 7.11 Å². The number of amides is 1. The smallest absolute Gasteiger partial charge is 0.217 e. The summed E-state index contributed by atoms with van der Waals surface area (Å²) in [7, 11) is 1.68. The van der Waals surface area contributed by atoms with Crippen molar-refractivity contribution in [3.63, 3.8) is 0 Å². The molecule has 0 fully saturated rings. The van der Waals surface area contributed by atoms with Gasteiger partial charge >= 0.3 is 0 Å². The fourth-order valence-electron chi connectivity index (χ4n) is 2.20. The highest BCUT2D eigenvalue weighted by Crippen LogP contribution is 2.13. The third-order valence-electron chi connectivity index (χ3n) is 3.54. The number of aryl methyl sites for hydroxylation is 1. The van der Waals surface area contributed by atoms with Crippen molar-refractivity contribution in [1.82, 2.24) is 0 Å². The molecule has 1 amide bonds. The molecule has 4 nitrogen and oxygen atoms in total. The minimum atomic E-state index is -0.192. The van der Waals surface area contributed by atoms with Gasteiger partial charge in [0.15, 0.2) is 0 Å². The monoisotopic (exact) mass is 339 g/mol. The normalized spacial score (nSPS) is 10.7. The van der Waals surface area contributed by atoms with Crippen LogP contribution in [0, 0.1) is 0 Å². The van der Waals surface area contributed by atoms with Crippen LogP contribution in [0.4, 0.5) is 0 Å². The van der Waals surface area contributed by atoms with Crippen LogP contribution in [0.5, 0.6) is 5.75 Å². The van der Waals surface area contributed by atoms with Crippen molar-refractivity contribution in [2.24, 2.45) is 5.73 Å². The van der Waals surface area contributed by atoms with E-state index in [0.29, 0.717) is 6.42 Å². The summed E-state index contributed by atoms with van der Waals surface area (Å²) in [6.45, 7) is 0.803. The second-order valence-electron chi connectivity index (χ2n) is 5.52. The first-order valence-corrected chi connectivity index (χ1v) is 9.44. The fourth-order valence-corrected chi connectivity index (χ4v) is 2.97. The number of hydrogen-bond acceptors (Lipinski definition) is 4. The number of rotatable bonds is 14. The first kappa shape index (κ1) is 19.8. The first-order chi connectivity index (χ1) is 11.2. The number of hydrogen-bond donors (Lipinski definition) is 1. The number of carbonyl (C=O) groups is 1. The third kappa shape index (κ3) is 11.0. The maximum atomic E-state index is 10.6. The summed E-state index contributed by atoms with van der Waals surface area (Å²) < 4.78 is 10.8. The molecule has 5 heteroatoms. The number of unbranched alkanes of at least 4 members (excludes halogenated alkanes) is 3. The molecule has 0 atom stereocenters. The molecular formula is C18H29NO3S. The Morgan fingerprint density at radius 2 is 1.83 bits per heavy atom. The van der Waals surface area contributed by atoms with Crippen LogP contribution in [0.1, 0.15) is 44.1 Å². The lowest BCUT2D eigenvalue weighted by molar-refractivity contribution is -0.118. The number of carbonyl (C=O) groups excluding carboxylic acids is 1. The van der Waals surface area contributed by atoms with Gasteiger partial charge in [0.25, 0.3) is 0 Å². The molecule has 0 radical (unpaired) electrons. The van der Waals surface area contributed by atoms with Crippen LogP contribution in [-0.4, -0.2) is 31.3 Å². The van der Waals surface area contributed by atoms with E-state index < -0.39 is 0 Å². The summed E-state index contributed by atoms with van der Waals surface area (Å²) in [5.74, 6) is 2.59. The molecule has 0 aliphatic carbocycles. The van der Waals surface area contributed by atoms with Crippen LogP contribution >= 0.6 is 11.8 Å². The largest absolute Gasteiger partial charge is 0.497 e. The summed E-state index contributed by atoms with van der Waals surface area (Å²) in [6, 6.07) is 8.20. The zero-order chi connectivity index (χ0) is 16.8. The van der Waals surface area contributed by atoms with Crippen LogP contribution in [-0.2, 0) is 16.0 Å². The van der Waals surface area contributed by atoms with E-state index in [-0.39, 0.29) is 5.91 Å². The number of benzene rings is 1. The first-order valence-electron chi connectivity index (χ1n) is 8.29. The average Bonchev–Trinajstić information content (AvgIpc) is 2.56. The van der Waals surface area contributed by atoms with Crippen molar-refractivity contribution >= 4 is 17.7 Å². The highest BCUT2D eigenvalue weighted by Gasteiger charge is 1.97. The van der Waals surface area contributed by atoms with Crippen molar-refractivity contribution < 1.29 is 14.3 Å². The molecule has 0 unspecified atom stereocenters. The van der Waals surface area contributed by atoms with E-state index in [0.717, 1.165) is 56.2 Å². The van der Waals surface area contributed by atoms with Gasteiger partial charge in [-0.3, -0.25) is 4.79 Å². The quantitative estimate of drug-likeness (QED) is 0.414. The van der Waals surface area contributed by atoms with Crippen LogP contribution in [0.15, 0.2) is 24.3 Å². The number of nitrogens with two attached hydrogens (primary N) is 1. The molecule has 130 valence electrons. The van der Waals surface area contributed by atoms with Gasteiger partial charge in [-0.2, -0.15) is 0 Å². The molecule has 0 bridgehead atoms. The number of thioether (sulfide) groups is 1. The molecule has 0 aromatic heterocycles. The van der Waals surface area contributed by atoms with Crippen LogP contribution in [0.25, 0.3) is 0 Å². The van der Waals surface area contributed by atoms with Crippen molar-refractivity contribution in [3.8, 4) is 5.75 Å². The van der Waals surface area contributed by atoms with Gasteiger partial charge in [0, 0.05) is 13.0 Å². The maximum absolute atomic E-state index is 10.6. The predicted octanol–water partition coefficient (Wildman–Crippen LogP) is 3.77. The minimum Gasteiger partial charge on any atom is -0.497 e. The van der Waals surface area contributed by atoms with Gasteiger partial charge < -0.3 is 15.2 Å². The SMILES string of the molecule is COc1ccc(CCCOCSCCCCCCC(N)=O)cc1. The molecule has 0 aliphatic rings. The minimum absolute atomic E-state index is 0.192. The van der Waals surface area contributed by atoms with Crippen LogP contribution in [0.3, 0.4) is 0 Å². The van der Waals surface area contributed by atoms with E-state index in [1.807, 2.05) is 23.9 Å². The lowest BCUT2D eigenvalue weighted by Gasteiger charge is -2.05. The summed E-state index contributed by atoms with van der Waals surface area (Å²) in [5.41, 5.74) is 6.42. The predicted molar refractivity (Wildman–Crippen MR) is 96.9 cm³/mol. The molecular weight excluding hydrogens is 310 g/mol. The molecule has 23 heavy (non-hydrogen) atoms. The standard InChI is InChI=1S/C18H29NO3S/c1-21-17-11-9-16(10-12-17)7-6-13-22-15-23-14-5-3-2-4-8-18(19)20/h9-12H,2-8,13-15H2,1H3,(H2,19,20). The van der Waals surface area contributed by atoms with E-state index in [9.17, 15) is 4.79 Å². The van der Waals surface area contributed by atoms with Gasteiger partial charge in [0.1, 0.15) is 5.75 Å². The van der Waals surface area contributed by atoms with Gasteiger partial charge in [-0.25, -0.2) is 0 Å². The van der Waals surface area contributed by atoms with Crippen molar-refractivity contribution in [3.05, 3.63) is 29.8 Å². The van der Waals surface area contributed by atoms with Gasteiger partial charge in [0.05, 0.1) is 13.0 Å². The molecule has 1 rings (SSSR count). The van der Waals surface area contributed by atoms with Crippen molar-refractivity contribution in [1.29, 1.82) is 0 Å². The molecule has 0 saturated carbocycles. The Balaban J connectivity index is 1.85. The number of methoxy groups -OCH3 is 1. The second-order valence-corrected chi connectivity index (χ2v) is 6.57. The molecule has 2 N–H and O–H groups in total.